The van der Waals surface area contributed by atoms with E-state index >= 15 is 0 Å². The van der Waals surface area contributed by atoms with Crippen molar-refractivity contribution in [3.63, 3.8) is 0 Å². The maximum Gasteiger partial charge on any atom is 0.343 e. The Hall–Kier alpha value is -5.97. The summed E-state index contributed by atoms with van der Waals surface area (Å²) in [5.41, 5.74) is 5.24. The normalized spacial score (nSPS) is 10.5. The SMILES string of the molecule is COc1cc(C(=O)Nc2cccc(C(=O)NN=Cc3ccc(OC(=O)c4cccc(C)c4)c(OC)c3)c2)ccc1OC(C)=O. The van der Waals surface area contributed by atoms with E-state index in [1.54, 1.807) is 54.6 Å². The number of nitrogens with one attached hydrogen (secondary N) is 2. The van der Waals surface area contributed by atoms with Crippen molar-refractivity contribution in [3.8, 4) is 23.0 Å². The zero-order valence-electron chi connectivity index (χ0n) is 24.4. The zero-order valence-corrected chi connectivity index (χ0v) is 24.4. The number of carbonyl (C=O) groups is 4. The van der Waals surface area contributed by atoms with E-state index in [0.29, 0.717) is 22.6 Å². The van der Waals surface area contributed by atoms with Crippen molar-refractivity contribution in [2.24, 2.45) is 5.10 Å². The van der Waals surface area contributed by atoms with Crippen LogP contribution < -0.4 is 29.7 Å². The monoisotopic (exact) mass is 595 g/mol. The van der Waals surface area contributed by atoms with E-state index in [0.717, 1.165) is 5.56 Å². The lowest BCUT2D eigenvalue weighted by atomic mass is 10.1. The summed E-state index contributed by atoms with van der Waals surface area (Å²) in [6, 6.07) is 22.6. The number of hydrogen-bond acceptors (Lipinski definition) is 9. The van der Waals surface area contributed by atoms with Gasteiger partial charge in [0.1, 0.15) is 0 Å². The summed E-state index contributed by atoms with van der Waals surface area (Å²) in [4.78, 5) is 49.3. The summed E-state index contributed by atoms with van der Waals surface area (Å²) in [6.45, 7) is 3.14. The Kier molecular flexibility index (Phi) is 10.0. The number of amides is 2. The van der Waals surface area contributed by atoms with Crippen LogP contribution in [0.2, 0.25) is 0 Å². The summed E-state index contributed by atoms with van der Waals surface area (Å²) >= 11 is 0. The van der Waals surface area contributed by atoms with Gasteiger partial charge in [0.25, 0.3) is 11.8 Å². The molecule has 4 rings (SSSR count). The Labute approximate surface area is 253 Å². The number of aryl methyl sites for hydroxylation is 1. The molecular formula is C33H29N3O8. The highest BCUT2D eigenvalue weighted by Crippen LogP contribution is 2.29. The minimum Gasteiger partial charge on any atom is -0.493 e. The van der Waals surface area contributed by atoms with Gasteiger partial charge in [-0.2, -0.15) is 5.10 Å². The molecule has 0 aliphatic heterocycles. The minimum atomic E-state index is -0.519. The van der Waals surface area contributed by atoms with Gasteiger partial charge in [-0.1, -0.05) is 23.8 Å². The average Bonchev–Trinajstić information content (AvgIpc) is 3.01. The molecule has 0 bridgehead atoms. The van der Waals surface area contributed by atoms with Gasteiger partial charge < -0.3 is 24.3 Å². The van der Waals surface area contributed by atoms with Crippen LogP contribution in [0.1, 0.15) is 49.1 Å². The van der Waals surface area contributed by atoms with Crippen LogP contribution in [0.5, 0.6) is 23.0 Å². The second-order valence-corrected chi connectivity index (χ2v) is 9.36. The lowest BCUT2D eigenvalue weighted by molar-refractivity contribution is -0.132. The molecule has 0 aliphatic rings. The molecule has 11 heteroatoms. The molecule has 0 radical (unpaired) electrons. The van der Waals surface area contributed by atoms with Crippen LogP contribution in [-0.2, 0) is 4.79 Å². The highest BCUT2D eigenvalue weighted by atomic mass is 16.6. The molecule has 0 fully saturated rings. The fourth-order valence-corrected chi connectivity index (χ4v) is 4.00. The number of methoxy groups -OCH3 is 2. The lowest BCUT2D eigenvalue weighted by Gasteiger charge is -2.11. The number of benzene rings is 4. The molecule has 4 aromatic rings. The smallest absolute Gasteiger partial charge is 0.343 e. The van der Waals surface area contributed by atoms with Crippen LogP contribution in [-0.4, -0.2) is 44.2 Å². The summed E-state index contributed by atoms with van der Waals surface area (Å²) in [5.74, 6) is -1.07. The van der Waals surface area contributed by atoms with E-state index in [-0.39, 0.29) is 28.4 Å². The van der Waals surface area contributed by atoms with Gasteiger partial charge in [-0.05, 0) is 79.2 Å². The Morgan fingerprint density at radius 1 is 0.682 bits per heavy atom. The third-order valence-corrected chi connectivity index (χ3v) is 6.09. The standard InChI is InChI=1S/C33H29N3O8/c1-20-7-5-9-25(15-20)33(40)44-28-13-11-22(16-29(28)41-3)19-34-36-32(39)23-8-6-10-26(17-23)35-31(38)24-12-14-27(43-21(2)37)30(18-24)42-4/h5-19H,1-4H3,(H,35,38)(H,36,39). The van der Waals surface area contributed by atoms with Gasteiger partial charge in [-0.3, -0.25) is 14.4 Å². The number of anilines is 1. The molecular weight excluding hydrogens is 566 g/mol. The predicted molar refractivity (Wildman–Crippen MR) is 163 cm³/mol. The maximum absolute atomic E-state index is 12.8. The molecule has 0 unspecified atom stereocenters. The minimum absolute atomic E-state index is 0.187. The Morgan fingerprint density at radius 3 is 2.07 bits per heavy atom. The van der Waals surface area contributed by atoms with Crippen molar-refractivity contribution in [3.05, 3.63) is 113 Å². The summed E-state index contributed by atoms with van der Waals surface area (Å²) < 4.78 is 21.1. The second kappa shape index (κ2) is 14.3. The zero-order chi connectivity index (χ0) is 31.6. The molecule has 0 atom stereocenters. The first kappa shape index (κ1) is 31.0. The second-order valence-electron chi connectivity index (χ2n) is 9.36. The van der Waals surface area contributed by atoms with Gasteiger partial charge in [0, 0.05) is 23.7 Å². The van der Waals surface area contributed by atoms with Crippen molar-refractivity contribution in [2.45, 2.75) is 13.8 Å². The van der Waals surface area contributed by atoms with E-state index < -0.39 is 23.8 Å². The molecule has 4 aromatic carbocycles. The molecule has 2 amide bonds. The maximum atomic E-state index is 12.8. The van der Waals surface area contributed by atoms with E-state index in [1.807, 2.05) is 13.0 Å². The fourth-order valence-electron chi connectivity index (χ4n) is 4.00. The predicted octanol–water partition coefficient (Wildman–Crippen LogP) is 5.17. The molecule has 11 nitrogen and oxygen atoms in total. The van der Waals surface area contributed by atoms with Gasteiger partial charge in [0.2, 0.25) is 0 Å². The molecule has 0 heterocycles. The van der Waals surface area contributed by atoms with Crippen LogP contribution in [0.25, 0.3) is 0 Å². The third kappa shape index (κ3) is 8.07. The van der Waals surface area contributed by atoms with Crippen LogP contribution in [0, 0.1) is 6.92 Å². The van der Waals surface area contributed by atoms with E-state index in [9.17, 15) is 19.2 Å². The van der Waals surface area contributed by atoms with Crippen LogP contribution >= 0.6 is 0 Å². The number of carbonyl (C=O) groups excluding carboxylic acids is 4. The largest absolute Gasteiger partial charge is 0.493 e. The van der Waals surface area contributed by atoms with Crippen molar-refractivity contribution >= 4 is 35.7 Å². The Bertz CT molecular complexity index is 1750. The van der Waals surface area contributed by atoms with Gasteiger partial charge >= 0.3 is 11.9 Å². The number of esters is 2. The molecule has 44 heavy (non-hydrogen) atoms. The highest BCUT2D eigenvalue weighted by molar-refractivity contribution is 6.05. The summed E-state index contributed by atoms with van der Waals surface area (Å²) in [7, 11) is 2.84. The Balaban J connectivity index is 1.38. The van der Waals surface area contributed by atoms with Crippen LogP contribution in [0.4, 0.5) is 5.69 Å². The van der Waals surface area contributed by atoms with Crippen LogP contribution in [0.15, 0.2) is 90.0 Å². The first-order valence-electron chi connectivity index (χ1n) is 13.2. The molecule has 2 N–H and O–H groups in total. The lowest BCUT2D eigenvalue weighted by Crippen LogP contribution is -2.18. The number of nitrogens with zero attached hydrogens (tertiary/aromatic N) is 1. The molecule has 0 saturated carbocycles. The summed E-state index contributed by atoms with van der Waals surface area (Å²) in [5, 5.41) is 6.72. The molecule has 0 aromatic heterocycles. The third-order valence-electron chi connectivity index (χ3n) is 6.09. The first-order chi connectivity index (χ1) is 21.2. The quantitative estimate of drug-likeness (QED) is 0.111. The number of hydrogen-bond donors (Lipinski definition) is 2. The average molecular weight is 596 g/mol. The van der Waals surface area contributed by atoms with Crippen molar-refractivity contribution in [2.75, 3.05) is 19.5 Å². The van der Waals surface area contributed by atoms with E-state index in [1.165, 1.54) is 51.6 Å². The molecule has 0 aliphatic carbocycles. The molecule has 224 valence electrons. The number of hydrazone groups is 1. The first-order valence-corrected chi connectivity index (χ1v) is 13.2. The number of rotatable bonds is 10. The van der Waals surface area contributed by atoms with Gasteiger partial charge in [-0.15, -0.1) is 0 Å². The highest BCUT2D eigenvalue weighted by Gasteiger charge is 2.15. The van der Waals surface area contributed by atoms with E-state index in [4.69, 9.17) is 18.9 Å². The van der Waals surface area contributed by atoms with Crippen molar-refractivity contribution < 1.29 is 38.1 Å². The molecule has 0 spiro atoms. The Morgan fingerprint density at radius 2 is 1.34 bits per heavy atom. The number of ether oxygens (including phenoxy) is 4. The summed E-state index contributed by atoms with van der Waals surface area (Å²) in [6.07, 6.45) is 1.41. The van der Waals surface area contributed by atoms with Crippen molar-refractivity contribution in [1.29, 1.82) is 0 Å². The van der Waals surface area contributed by atoms with Gasteiger partial charge in [-0.25, -0.2) is 10.2 Å². The topological polar surface area (TPSA) is 142 Å². The van der Waals surface area contributed by atoms with Crippen molar-refractivity contribution in [1.82, 2.24) is 5.43 Å². The fraction of sp³-hybridized carbons (Fsp3) is 0.121. The van der Waals surface area contributed by atoms with Crippen LogP contribution in [0.3, 0.4) is 0 Å². The van der Waals surface area contributed by atoms with Gasteiger partial charge in [0.15, 0.2) is 23.0 Å². The van der Waals surface area contributed by atoms with Gasteiger partial charge in [0.05, 0.1) is 26.0 Å². The molecule has 0 saturated heterocycles. The van der Waals surface area contributed by atoms with E-state index in [2.05, 4.69) is 15.8 Å².